The molecular formula is C22H23ClN2O2. The first-order valence-corrected chi connectivity index (χ1v) is 9.96. The summed E-state index contributed by atoms with van der Waals surface area (Å²) in [7, 11) is 0. The average Bonchev–Trinajstić information content (AvgIpc) is 3.13. The van der Waals surface area contributed by atoms with Gasteiger partial charge in [0.25, 0.3) is 0 Å². The summed E-state index contributed by atoms with van der Waals surface area (Å²) in [6, 6.07) is 15.4. The molecule has 4 rings (SSSR count). The fourth-order valence-electron chi connectivity index (χ4n) is 4.19. The van der Waals surface area contributed by atoms with Gasteiger partial charge in [0.15, 0.2) is 0 Å². The van der Waals surface area contributed by atoms with Gasteiger partial charge in [-0.05, 0) is 55.9 Å². The van der Waals surface area contributed by atoms with Crippen molar-refractivity contribution in [3.05, 3.63) is 59.1 Å². The van der Waals surface area contributed by atoms with Crippen LogP contribution in [-0.4, -0.2) is 18.4 Å². The van der Waals surface area contributed by atoms with E-state index in [0.29, 0.717) is 10.7 Å². The number of anilines is 2. The summed E-state index contributed by atoms with van der Waals surface area (Å²) >= 11 is 6.12. The van der Waals surface area contributed by atoms with Gasteiger partial charge in [-0.3, -0.25) is 9.59 Å². The summed E-state index contributed by atoms with van der Waals surface area (Å²) in [4.78, 5) is 27.5. The standard InChI is InChI=1S/C22H23ClN2O2/c23-18-6-2-3-7-19(18)24-21(26)16-9-11-17(12-10-16)22(27)25-14-13-15-5-1-4-8-20(15)25/h1-8,16-17H,9-14H2,(H,24,26). The molecule has 0 spiro atoms. The number of amides is 2. The second-order valence-electron chi connectivity index (χ2n) is 7.39. The molecule has 1 fully saturated rings. The first-order chi connectivity index (χ1) is 13.1. The molecule has 2 amide bonds. The maximum atomic E-state index is 13.0. The molecule has 0 unspecified atom stereocenters. The number of rotatable bonds is 3. The van der Waals surface area contributed by atoms with Gasteiger partial charge in [-0.25, -0.2) is 0 Å². The number of nitrogens with one attached hydrogen (secondary N) is 1. The fraction of sp³-hybridized carbons (Fsp3) is 0.364. The highest BCUT2D eigenvalue weighted by Gasteiger charge is 2.34. The molecule has 1 aliphatic carbocycles. The van der Waals surface area contributed by atoms with E-state index in [1.807, 2.05) is 35.2 Å². The first kappa shape index (κ1) is 18.1. The second kappa shape index (κ2) is 7.73. The van der Waals surface area contributed by atoms with Gasteiger partial charge >= 0.3 is 0 Å². The van der Waals surface area contributed by atoms with Crippen LogP contribution in [0.4, 0.5) is 11.4 Å². The minimum Gasteiger partial charge on any atom is -0.325 e. The molecular weight excluding hydrogens is 360 g/mol. The van der Waals surface area contributed by atoms with E-state index in [2.05, 4.69) is 11.4 Å². The Kier molecular flexibility index (Phi) is 5.17. The molecule has 5 heteroatoms. The zero-order valence-corrected chi connectivity index (χ0v) is 15.9. The van der Waals surface area contributed by atoms with Crippen molar-refractivity contribution in [3.8, 4) is 0 Å². The van der Waals surface area contributed by atoms with Gasteiger partial charge < -0.3 is 10.2 Å². The number of hydrogen-bond donors (Lipinski definition) is 1. The van der Waals surface area contributed by atoms with Crippen LogP contribution in [0.15, 0.2) is 48.5 Å². The summed E-state index contributed by atoms with van der Waals surface area (Å²) in [5.41, 5.74) is 2.95. The van der Waals surface area contributed by atoms with E-state index >= 15 is 0 Å². The average molecular weight is 383 g/mol. The van der Waals surface area contributed by atoms with Gasteiger partial charge in [0.05, 0.1) is 10.7 Å². The molecule has 0 aromatic heterocycles. The molecule has 2 aromatic rings. The Morgan fingerprint density at radius 3 is 2.37 bits per heavy atom. The normalized spacial score (nSPS) is 21.6. The Morgan fingerprint density at radius 1 is 0.926 bits per heavy atom. The van der Waals surface area contributed by atoms with Crippen molar-refractivity contribution in [3.63, 3.8) is 0 Å². The summed E-state index contributed by atoms with van der Waals surface area (Å²) < 4.78 is 0. The molecule has 2 aromatic carbocycles. The van der Waals surface area contributed by atoms with Crippen LogP contribution in [0.5, 0.6) is 0 Å². The predicted octanol–water partition coefficient (Wildman–Crippen LogP) is 4.67. The van der Waals surface area contributed by atoms with Gasteiger partial charge in [0.2, 0.25) is 11.8 Å². The maximum Gasteiger partial charge on any atom is 0.230 e. The van der Waals surface area contributed by atoms with E-state index in [4.69, 9.17) is 11.6 Å². The van der Waals surface area contributed by atoms with Crippen LogP contribution in [0.2, 0.25) is 5.02 Å². The van der Waals surface area contributed by atoms with E-state index in [0.717, 1.165) is 44.3 Å². The van der Waals surface area contributed by atoms with E-state index in [1.165, 1.54) is 5.56 Å². The Hall–Kier alpha value is -2.33. The van der Waals surface area contributed by atoms with Crippen molar-refractivity contribution in [2.24, 2.45) is 11.8 Å². The predicted molar refractivity (Wildman–Crippen MR) is 108 cm³/mol. The monoisotopic (exact) mass is 382 g/mol. The third kappa shape index (κ3) is 3.72. The third-order valence-corrected chi connectivity index (χ3v) is 6.06. The summed E-state index contributed by atoms with van der Waals surface area (Å²) in [6.45, 7) is 0.769. The molecule has 0 atom stereocenters. The SMILES string of the molecule is O=C(Nc1ccccc1Cl)C1CCC(C(=O)N2CCc3ccccc32)CC1. The lowest BCUT2D eigenvalue weighted by atomic mass is 9.81. The van der Waals surface area contributed by atoms with Crippen LogP contribution in [0.1, 0.15) is 31.2 Å². The highest BCUT2D eigenvalue weighted by atomic mass is 35.5. The van der Waals surface area contributed by atoms with Crippen molar-refractivity contribution in [1.82, 2.24) is 0 Å². The molecule has 4 nitrogen and oxygen atoms in total. The fourth-order valence-corrected chi connectivity index (χ4v) is 4.37. The first-order valence-electron chi connectivity index (χ1n) is 9.58. The number of carbonyl (C=O) groups excluding carboxylic acids is 2. The number of carbonyl (C=O) groups is 2. The molecule has 0 radical (unpaired) electrons. The Bertz CT molecular complexity index is 859. The number of fused-ring (bicyclic) bond motifs is 1. The van der Waals surface area contributed by atoms with E-state index < -0.39 is 0 Å². The van der Waals surface area contributed by atoms with Crippen LogP contribution in [0.3, 0.4) is 0 Å². The van der Waals surface area contributed by atoms with Crippen molar-refractivity contribution < 1.29 is 9.59 Å². The zero-order chi connectivity index (χ0) is 18.8. The molecule has 1 saturated carbocycles. The molecule has 0 saturated heterocycles. The largest absolute Gasteiger partial charge is 0.325 e. The van der Waals surface area contributed by atoms with Gasteiger partial charge in [-0.1, -0.05) is 41.9 Å². The number of nitrogens with zero attached hydrogens (tertiary/aromatic N) is 1. The van der Waals surface area contributed by atoms with Crippen LogP contribution in [0.25, 0.3) is 0 Å². The van der Waals surface area contributed by atoms with Crippen molar-refractivity contribution in [2.45, 2.75) is 32.1 Å². The molecule has 1 aliphatic heterocycles. The molecule has 1 heterocycles. The maximum absolute atomic E-state index is 13.0. The number of benzene rings is 2. The van der Waals surface area contributed by atoms with E-state index in [1.54, 1.807) is 12.1 Å². The molecule has 1 N–H and O–H groups in total. The molecule has 27 heavy (non-hydrogen) atoms. The van der Waals surface area contributed by atoms with Crippen LogP contribution >= 0.6 is 11.6 Å². The molecule has 0 bridgehead atoms. The number of para-hydroxylation sites is 2. The third-order valence-electron chi connectivity index (χ3n) is 5.73. The van der Waals surface area contributed by atoms with Crippen LogP contribution in [-0.2, 0) is 16.0 Å². The minimum atomic E-state index is -0.0591. The van der Waals surface area contributed by atoms with Gasteiger partial charge in [-0.2, -0.15) is 0 Å². The second-order valence-corrected chi connectivity index (χ2v) is 7.79. The lowest BCUT2D eigenvalue weighted by Gasteiger charge is -2.30. The summed E-state index contributed by atoms with van der Waals surface area (Å²) in [6.07, 6.45) is 3.93. The van der Waals surface area contributed by atoms with Gasteiger partial charge in [-0.15, -0.1) is 0 Å². The summed E-state index contributed by atoms with van der Waals surface area (Å²) in [5, 5.41) is 3.47. The molecule has 140 valence electrons. The smallest absolute Gasteiger partial charge is 0.230 e. The minimum absolute atomic E-state index is 0.000479. The highest BCUT2D eigenvalue weighted by molar-refractivity contribution is 6.33. The van der Waals surface area contributed by atoms with Crippen molar-refractivity contribution in [2.75, 3.05) is 16.8 Å². The quantitative estimate of drug-likeness (QED) is 0.838. The topological polar surface area (TPSA) is 49.4 Å². The Balaban J connectivity index is 1.34. The van der Waals surface area contributed by atoms with Crippen molar-refractivity contribution >= 4 is 34.8 Å². The Morgan fingerprint density at radius 2 is 1.59 bits per heavy atom. The van der Waals surface area contributed by atoms with E-state index in [9.17, 15) is 9.59 Å². The molecule has 2 aliphatic rings. The lowest BCUT2D eigenvalue weighted by molar-refractivity contribution is -0.126. The van der Waals surface area contributed by atoms with Crippen LogP contribution in [0, 0.1) is 11.8 Å². The number of hydrogen-bond acceptors (Lipinski definition) is 2. The van der Waals surface area contributed by atoms with E-state index in [-0.39, 0.29) is 23.7 Å². The highest BCUT2D eigenvalue weighted by Crippen LogP contribution is 2.35. The lowest BCUT2D eigenvalue weighted by Crippen LogP contribution is -2.38. The van der Waals surface area contributed by atoms with Crippen molar-refractivity contribution in [1.29, 1.82) is 0 Å². The summed E-state index contributed by atoms with van der Waals surface area (Å²) in [5.74, 6) is 0.169. The Labute approximate surface area is 164 Å². The van der Waals surface area contributed by atoms with Gasteiger partial charge in [0, 0.05) is 24.1 Å². The van der Waals surface area contributed by atoms with Crippen LogP contribution < -0.4 is 10.2 Å². The zero-order valence-electron chi connectivity index (χ0n) is 15.2. The van der Waals surface area contributed by atoms with Gasteiger partial charge in [0.1, 0.15) is 0 Å². The number of halogens is 1.